The first kappa shape index (κ1) is 24.2. The van der Waals surface area contributed by atoms with Crippen molar-refractivity contribution in [1.29, 1.82) is 0 Å². The summed E-state index contributed by atoms with van der Waals surface area (Å²) in [5.41, 5.74) is 0.549. The highest BCUT2D eigenvalue weighted by molar-refractivity contribution is 5.97. The summed E-state index contributed by atoms with van der Waals surface area (Å²) in [4.78, 5) is 29.3. The molecule has 0 radical (unpaired) electrons. The number of carbonyl (C=O) groups excluding carboxylic acids is 2. The van der Waals surface area contributed by atoms with Crippen LogP contribution in [0.5, 0.6) is 5.75 Å². The Kier molecular flexibility index (Phi) is 8.49. The third-order valence-corrected chi connectivity index (χ3v) is 6.26. The molecule has 1 unspecified atom stereocenters. The van der Waals surface area contributed by atoms with Crippen LogP contribution in [0.4, 0.5) is 9.18 Å². The summed E-state index contributed by atoms with van der Waals surface area (Å²) in [6.07, 6.45) is 0.617. The van der Waals surface area contributed by atoms with Crippen LogP contribution in [0, 0.1) is 11.7 Å². The highest BCUT2D eigenvalue weighted by atomic mass is 19.1. The fraction of sp³-hybridized carbons (Fsp3) is 0.462. The first-order valence-electron chi connectivity index (χ1n) is 11.8. The zero-order chi connectivity index (χ0) is 23.8. The van der Waals surface area contributed by atoms with E-state index in [1.165, 1.54) is 12.1 Å². The Morgan fingerprint density at radius 1 is 0.971 bits per heavy atom. The molecule has 0 aromatic heterocycles. The molecule has 2 aliphatic rings. The molecular weight excluding hydrogens is 439 g/mol. The SMILES string of the molecule is O=C(c1ccc(F)cc1)C1CCN(CC(COc2ccccc2)OC(=O)N2CCOCC2)CC1. The van der Waals surface area contributed by atoms with Gasteiger partial charge in [-0.1, -0.05) is 18.2 Å². The minimum atomic E-state index is -0.445. The number of likely N-dealkylation sites (tertiary alicyclic amines) is 1. The summed E-state index contributed by atoms with van der Waals surface area (Å²) in [7, 11) is 0. The molecule has 1 amide bonds. The maximum Gasteiger partial charge on any atom is 0.410 e. The van der Waals surface area contributed by atoms with Gasteiger partial charge in [0.2, 0.25) is 0 Å². The first-order valence-corrected chi connectivity index (χ1v) is 11.8. The number of nitrogens with zero attached hydrogens (tertiary/aromatic N) is 2. The Morgan fingerprint density at radius 3 is 2.32 bits per heavy atom. The number of morpholine rings is 1. The van der Waals surface area contributed by atoms with Crippen molar-refractivity contribution in [2.75, 3.05) is 52.5 Å². The average molecular weight is 471 g/mol. The number of carbonyl (C=O) groups is 2. The van der Waals surface area contributed by atoms with E-state index in [0.717, 1.165) is 5.75 Å². The summed E-state index contributed by atoms with van der Waals surface area (Å²) in [6.45, 7) is 4.26. The summed E-state index contributed by atoms with van der Waals surface area (Å²) >= 11 is 0. The van der Waals surface area contributed by atoms with Crippen molar-refractivity contribution >= 4 is 11.9 Å². The fourth-order valence-electron chi connectivity index (χ4n) is 4.31. The van der Waals surface area contributed by atoms with Gasteiger partial charge in [0.1, 0.15) is 18.2 Å². The highest BCUT2D eigenvalue weighted by Crippen LogP contribution is 2.23. The third-order valence-electron chi connectivity index (χ3n) is 6.26. The zero-order valence-corrected chi connectivity index (χ0v) is 19.2. The smallest absolute Gasteiger partial charge is 0.410 e. The van der Waals surface area contributed by atoms with Crippen molar-refractivity contribution in [3.05, 3.63) is 66.0 Å². The number of benzene rings is 2. The van der Waals surface area contributed by atoms with Gasteiger partial charge in [-0.3, -0.25) is 9.69 Å². The van der Waals surface area contributed by atoms with Crippen molar-refractivity contribution in [2.45, 2.75) is 18.9 Å². The molecular formula is C26H31FN2O5. The van der Waals surface area contributed by atoms with Gasteiger partial charge in [0.05, 0.1) is 13.2 Å². The van der Waals surface area contributed by atoms with Gasteiger partial charge in [0.15, 0.2) is 11.9 Å². The molecule has 0 saturated carbocycles. The Balaban J connectivity index is 1.32. The molecule has 2 aliphatic heterocycles. The number of rotatable bonds is 8. The average Bonchev–Trinajstić information content (AvgIpc) is 2.89. The van der Waals surface area contributed by atoms with Gasteiger partial charge in [-0.25, -0.2) is 9.18 Å². The van der Waals surface area contributed by atoms with Crippen LogP contribution in [0.3, 0.4) is 0 Å². The van der Waals surface area contributed by atoms with E-state index in [4.69, 9.17) is 14.2 Å². The standard InChI is InChI=1S/C26H31FN2O5/c27-22-8-6-20(7-9-22)25(30)21-10-12-28(13-11-21)18-24(19-33-23-4-2-1-3-5-23)34-26(31)29-14-16-32-17-15-29/h1-9,21,24H,10-19H2. The van der Waals surface area contributed by atoms with Crippen LogP contribution in [-0.4, -0.2) is 80.3 Å². The van der Waals surface area contributed by atoms with Gasteiger partial charge >= 0.3 is 6.09 Å². The van der Waals surface area contributed by atoms with Crippen LogP contribution in [0.25, 0.3) is 0 Å². The Morgan fingerprint density at radius 2 is 1.65 bits per heavy atom. The van der Waals surface area contributed by atoms with Crippen LogP contribution in [0.2, 0.25) is 0 Å². The molecule has 34 heavy (non-hydrogen) atoms. The van der Waals surface area contributed by atoms with E-state index in [9.17, 15) is 14.0 Å². The lowest BCUT2D eigenvalue weighted by atomic mass is 9.89. The van der Waals surface area contributed by atoms with Crippen molar-refractivity contribution in [1.82, 2.24) is 9.80 Å². The molecule has 2 aromatic rings. The molecule has 0 N–H and O–H groups in total. The normalized spacial score (nSPS) is 18.3. The zero-order valence-electron chi connectivity index (χ0n) is 19.2. The molecule has 182 valence electrons. The number of ketones is 1. The Labute approximate surface area is 199 Å². The second kappa shape index (κ2) is 11.9. The molecule has 2 saturated heterocycles. The molecule has 0 bridgehead atoms. The molecule has 2 heterocycles. The lowest BCUT2D eigenvalue weighted by Gasteiger charge is -2.34. The monoisotopic (exact) mass is 470 g/mol. The third kappa shape index (κ3) is 6.77. The van der Waals surface area contributed by atoms with Gasteiger partial charge in [-0.15, -0.1) is 0 Å². The number of ether oxygens (including phenoxy) is 3. The van der Waals surface area contributed by atoms with Crippen molar-refractivity contribution in [3.8, 4) is 5.75 Å². The van der Waals surface area contributed by atoms with Crippen molar-refractivity contribution < 1.29 is 28.2 Å². The fourth-order valence-corrected chi connectivity index (χ4v) is 4.31. The minimum absolute atomic E-state index is 0.0577. The summed E-state index contributed by atoms with van der Waals surface area (Å²) in [5, 5.41) is 0. The van der Waals surface area contributed by atoms with E-state index in [-0.39, 0.29) is 30.2 Å². The number of piperidine rings is 1. The maximum absolute atomic E-state index is 13.2. The largest absolute Gasteiger partial charge is 0.490 e. The lowest BCUT2D eigenvalue weighted by Crippen LogP contribution is -2.47. The molecule has 2 fully saturated rings. The van der Waals surface area contributed by atoms with E-state index in [0.29, 0.717) is 64.3 Å². The molecule has 7 nitrogen and oxygen atoms in total. The van der Waals surface area contributed by atoms with Gasteiger partial charge in [-0.05, 0) is 62.3 Å². The second-order valence-corrected chi connectivity index (χ2v) is 8.68. The molecule has 1 atom stereocenters. The van der Waals surface area contributed by atoms with Gasteiger partial charge < -0.3 is 19.1 Å². The number of hydrogen-bond acceptors (Lipinski definition) is 6. The lowest BCUT2D eigenvalue weighted by molar-refractivity contribution is -0.00862. The Bertz CT molecular complexity index is 926. The number of amides is 1. The predicted molar refractivity (Wildman–Crippen MR) is 124 cm³/mol. The number of para-hydroxylation sites is 1. The molecule has 0 aliphatic carbocycles. The van der Waals surface area contributed by atoms with Gasteiger partial charge in [0.25, 0.3) is 0 Å². The van der Waals surface area contributed by atoms with E-state index in [1.54, 1.807) is 17.0 Å². The molecule has 4 rings (SSSR count). The van der Waals surface area contributed by atoms with Gasteiger partial charge in [-0.2, -0.15) is 0 Å². The van der Waals surface area contributed by atoms with Gasteiger partial charge in [0, 0.05) is 31.1 Å². The Hall–Kier alpha value is -2.97. The van der Waals surface area contributed by atoms with E-state index in [1.807, 2.05) is 30.3 Å². The van der Waals surface area contributed by atoms with E-state index in [2.05, 4.69) is 4.90 Å². The summed E-state index contributed by atoms with van der Waals surface area (Å²) in [6, 6.07) is 15.2. The highest BCUT2D eigenvalue weighted by Gasteiger charge is 2.29. The van der Waals surface area contributed by atoms with Crippen LogP contribution in [0.1, 0.15) is 23.2 Å². The second-order valence-electron chi connectivity index (χ2n) is 8.68. The quantitative estimate of drug-likeness (QED) is 0.549. The molecule has 2 aromatic carbocycles. The first-order chi connectivity index (χ1) is 16.6. The molecule has 0 spiro atoms. The number of halogens is 1. The van der Waals surface area contributed by atoms with E-state index < -0.39 is 6.10 Å². The minimum Gasteiger partial charge on any atom is -0.490 e. The van der Waals surface area contributed by atoms with E-state index >= 15 is 0 Å². The maximum atomic E-state index is 13.2. The topological polar surface area (TPSA) is 68.3 Å². The summed E-state index contributed by atoms with van der Waals surface area (Å²) < 4.78 is 30.2. The summed E-state index contributed by atoms with van der Waals surface area (Å²) in [5.74, 6) is 0.347. The molecule has 8 heteroatoms. The van der Waals surface area contributed by atoms with Crippen LogP contribution in [0.15, 0.2) is 54.6 Å². The number of hydrogen-bond donors (Lipinski definition) is 0. The van der Waals surface area contributed by atoms with Crippen molar-refractivity contribution in [2.24, 2.45) is 5.92 Å². The number of Topliss-reactive ketones (excluding diaryl/α,β-unsaturated/α-hetero) is 1. The van der Waals surface area contributed by atoms with Crippen LogP contribution < -0.4 is 4.74 Å². The van der Waals surface area contributed by atoms with Crippen LogP contribution >= 0.6 is 0 Å². The van der Waals surface area contributed by atoms with Crippen molar-refractivity contribution in [3.63, 3.8) is 0 Å². The van der Waals surface area contributed by atoms with Crippen LogP contribution in [-0.2, 0) is 9.47 Å². The predicted octanol–water partition coefficient (Wildman–Crippen LogP) is 3.64.